The lowest BCUT2D eigenvalue weighted by Crippen LogP contribution is -2.52. The van der Waals surface area contributed by atoms with Gasteiger partial charge in [0.1, 0.15) is 6.04 Å². The zero-order valence-corrected chi connectivity index (χ0v) is 21.1. The summed E-state index contributed by atoms with van der Waals surface area (Å²) in [7, 11) is 0. The summed E-state index contributed by atoms with van der Waals surface area (Å²) in [6, 6.07) is 12.0. The minimum atomic E-state index is -0.660. The van der Waals surface area contributed by atoms with E-state index in [1.807, 2.05) is 39.0 Å². The highest BCUT2D eigenvalue weighted by Crippen LogP contribution is 2.28. The van der Waals surface area contributed by atoms with E-state index in [0.717, 1.165) is 11.1 Å². The van der Waals surface area contributed by atoms with Crippen LogP contribution in [-0.2, 0) is 21.9 Å². The molecule has 0 unspecified atom stereocenters. The average Bonchev–Trinajstić information content (AvgIpc) is 2.67. The molecule has 2 rings (SSSR count). The molecule has 0 fully saturated rings. The highest BCUT2D eigenvalue weighted by Gasteiger charge is 2.28. The molecule has 0 saturated carbocycles. The van der Waals surface area contributed by atoms with Crippen molar-refractivity contribution in [3.05, 3.63) is 68.7 Å². The van der Waals surface area contributed by atoms with Gasteiger partial charge in [0, 0.05) is 32.9 Å². The summed E-state index contributed by atoms with van der Waals surface area (Å²) in [5, 5.41) is 4.63. The topological polar surface area (TPSA) is 49.4 Å². The summed E-state index contributed by atoms with van der Waals surface area (Å²) >= 11 is 20.2. The van der Waals surface area contributed by atoms with E-state index in [4.69, 9.17) is 34.8 Å². The standard InChI is InChI=1S/C23H27Cl3N2O2S/c1-15(22(30)27-23(2,3)4)28(12-16-8-5-6-9-18(16)24)21(29)14-31-13-17-19(25)10-7-11-20(17)26/h5-11,15H,12-14H2,1-4H3,(H,27,30)/t15-/m0/s1. The molecule has 0 aliphatic rings. The number of hydrogen-bond donors (Lipinski definition) is 1. The molecule has 168 valence electrons. The Kier molecular flexibility index (Phi) is 9.56. The number of nitrogens with one attached hydrogen (secondary N) is 1. The minimum absolute atomic E-state index is 0.162. The number of carbonyl (C=O) groups excluding carboxylic acids is 2. The van der Waals surface area contributed by atoms with Gasteiger partial charge in [-0.3, -0.25) is 9.59 Å². The summed E-state index contributed by atoms with van der Waals surface area (Å²) in [4.78, 5) is 27.5. The van der Waals surface area contributed by atoms with E-state index < -0.39 is 11.6 Å². The van der Waals surface area contributed by atoms with E-state index >= 15 is 0 Å². The third-order valence-electron chi connectivity index (χ3n) is 4.50. The van der Waals surface area contributed by atoms with Gasteiger partial charge in [-0.2, -0.15) is 0 Å². The smallest absolute Gasteiger partial charge is 0.242 e. The molecule has 0 radical (unpaired) electrons. The molecule has 2 aromatic rings. The van der Waals surface area contributed by atoms with E-state index in [1.54, 1.807) is 36.1 Å². The number of amides is 2. The van der Waals surface area contributed by atoms with Gasteiger partial charge < -0.3 is 10.2 Å². The Labute approximate surface area is 203 Å². The molecular formula is C23H27Cl3N2O2S. The van der Waals surface area contributed by atoms with E-state index in [9.17, 15) is 9.59 Å². The van der Waals surface area contributed by atoms with Gasteiger partial charge in [0.25, 0.3) is 0 Å². The summed E-state index contributed by atoms with van der Waals surface area (Å²) in [5.41, 5.74) is 1.17. The van der Waals surface area contributed by atoms with Gasteiger partial charge in [-0.1, -0.05) is 59.1 Å². The van der Waals surface area contributed by atoms with Crippen LogP contribution in [-0.4, -0.2) is 34.0 Å². The molecule has 2 amide bonds. The van der Waals surface area contributed by atoms with E-state index in [-0.39, 0.29) is 24.1 Å². The van der Waals surface area contributed by atoms with Crippen molar-refractivity contribution in [1.82, 2.24) is 10.2 Å². The Balaban J connectivity index is 2.15. The van der Waals surface area contributed by atoms with Crippen molar-refractivity contribution in [2.24, 2.45) is 0 Å². The van der Waals surface area contributed by atoms with Crippen molar-refractivity contribution in [2.75, 3.05) is 5.75 Å². The number of thioether (sulfide) groups is 1. The molecule has 8 heteroatoms. The molecule has 2 aromatic carbocycles. The summed E-state index contributed by atoms with van der Waals surface area (Å²) in [5.74, 6) is 0.294. The quantitative estimate of drug-likeness (QED) is 0.468. The molecule has 31 heavy (non-hydrogen) atoms. The maximum Gasteiger partial charge on any atom is 0.242 e. The van der Waals surface area contributed by atoms with Crippen LogP contribution in [0.15, 0.2) is 42.5 Å². The predicted octanol–water partition coefficient (Wildman–Crippen LogP) is 6.21. The zero-order chi connectivity index (χ0) is 23.2. The lowest BCUT2D eigenvalue weighted by atomic mass is 10.1. The first-order valence-electron chi connectivity index (χ1n) is 9.85. The monoisotopic (exact) mass is 500 g/mol. The van der Waals surface area contributed by atoms with Crippen molar-refractivity contribution < 1.29 is 9.59 Å². The molecule has 0 heterocycles. The Morgan fingerprint density at radius 3 is 2.16 bits per heavy atom. The third kappa shape index (κ3) is 7.90. The van der Waals surface area contributed by atoms with E-state index in [2.05, 4.69) is 5.32 Å². The molecule has 0 aromatic heterocycles. The molecule has 1 N–H and O–H groups in total. The van der Waals surface area contributed by atoms with E-state index in [1.165, 1.54) is 11.8 Å². The summed E-state index contributed by atoms with van der Waals surface area (Å²) < 4.78 is 0. The molecule has 0 aliphatic carbocycles. The van der Waals surface area contributed by atoms with Gasteiger partial charge in [0.2, 0.25) is 11.8 Å². The second-order valence-corrected chi connectivity index (χ2v) is 10.4. The van der Waals surface area contributed by atoms with Crippen LogP contribution in [0.1, 0.15) is 38.8 Å². The van der Waals surface area contributed by atoms with Gasteiger partial charge in [-0.05, 0) is 57.0 Å². The van der Waals surface area contributed by atoms with Crippen molar-refractivity contribution in [1.29, 1.82) is 0 Å². The number of benzene rings is 2. The lowest BCUT2D eigenvalue weighted by Gasteiger charge is -2.31. The Hall–Kier alpha value is -1.40. The molecule has 0 aliphatic heterocycles. The van der Waals surface area contributed by atoms with Crippen LogP contribution >= 0.6 is 46.6 Å². The summed E-state index contributed by atoms with van der Waals surface area (Å²) in [6.45, 7) is 7.68. The first kappa shape index (κ1) is 25.9. The van der Waals surface area contributed by atoms with Crippen LogP contribution in [0.3, 0.4) is 0 Å². The normalized spacial score (nSPS) is 12.4. The van der Waals surface area contributed by atoms with Crippen molar-refractivity contribution in [3.8, 4) is 0 Å². The number of rotatable bonds is 8. The molecule has 4 nitrogen and oxygen atoms in total. The van der Waals surface area contributed by atoms with Crippen LogP contribution in [0.4, 0.5) is 0 Å². The van der Waals surface area contributed by atoms with Gasteiger partial charge >= 0.3 is 0 Å². The fourth-order valence-corrected chi connectivity index (χ4v) is 4.70. The van der Waals surface area contributed by atoms with Crippen LogP contribution < -0.4 is 5.32 Å². The van der Waals surface area contributed by atoms with Gasteiger partial charge in [-0.25, -0.2) is 0 Å². The number of carbonyl (C=O) groups is 2. The second kappa shape index (κ2) is 11.5. The molecular weight excluding hydrogens is 475 g/mol. The molecule has 0 bridgehead atoms. The van der Waals surface area contributed by atoms with Crippen LogP contribution in [0.25, 0.3) is 0 Å². The SMILES string of the molecule is C[C@@H](C(=O)NC(C)(C)C)N(Cc1ccccc1Cl)C(=O)CSCc1c(Cl)cccc1Cl. The number of nitrogens with zero attached hydrogens (tertiary/aromatic N) is 1. The first-order chi connectivity index (χ1) is 14.5. The third-order valence-corrected chi connectivity index (χ3v) is 6.52. The summed E-state index contributed by atoms with van der Waals surface area (Å²) in [6.07, 6.45) is 0. The molecule has 1 atom stereocenters. The molecule has 0 spiro atoms. The highest BCUT2D eigenvalue weighted by atomic mass is 35.5. The van der Waals surface area contributed by atoms with Crippen molar-refractivity contribution in [3.63, 3.8) is 0 Å². The van der Waals surface area contributed by atoms with Gasteiger partial charge in [-0.15, -0.1) is 11.8 Å². The van der Waals surface area contributed by atoms with E-state index in [0.29, 0.717) is 20.8 Å². The van der Waals surface area contributed by atoms with Crippen molar-refractivity contribution >= 4 is 58.4 Å². The maximum absolute atomic E-state index is 13.1. The molecule has 0 saturated heterocycles. The predicted molar refractivity (Wildman–Crippen MR) is 132 cm³/mol. The fraction of sp³-hybridized carbons (Fsp3) is 0.391. The number of hydrogen-bond acceptors (Lipinski definition) is 3. The largest absolute Gasteiger partial charge is 0.350 e. The van der Waals surface area contributed by atoms with Crippen LogP contribution in [0, 0.1) is 0 Å². The second-order valence-electron chi connectivity index (χ2n) is 8.22. The fourth-order valence-electron chi connectivity index (χ4n) is 2.86. The Morgan fingerprint density at radius 2 is 1.58 bits per heavy atom. The first-order valence-corrected chi connectivity index (χ1v) is 12.1. The van der Waals surface area contributed by atoms with Crippen LogP contribution in [0.2, 0.25) is 15.1 Å². The average molecular weight is 502 g/mol. The number of halogens is 3. The minimum Gasteiger partial charge on any atom is -0.350 e. The van der Waals surface area contributed by atoms with Gasteiger partial charge in [0.15, 0.2) is 0 Å². The Bertz CT molecular complexity index is 911. The van der Waals surface area contributed by atoms with Crippen LogP contribution in [0.5, 0.6) is 0 Å². The van der Waals surface area contributed by atoms with Gasteiger partial charge in [0.05, 0.1) is 5.75 Å². The Morgan fingerprint density at radius 1 is 1.00 bits per heavy atom. The zero-order valence-electron chi connectivity index (χ0n) is 18.0. The highest BCUT2D eigenvalue weighted by molar-refractivity contribution is 7.99. The lowest BCUT2D eigenvalue weighted by molar-refractivity contribution is -0.139. The maximum atomic E-state index is 13.1. The van der Waals surface area contributed by atoms with Crippen molar-refractivity contribution in [2.45, 2.75) is 51.6 Å².